The molecule has 3 aliphatic rings. The molecule has 0 bridgehead atoms. The lowest BCUT2D eigenvalue weighted by Gasteiger charge is -2.33. The summed E-state index contributed by atoms with van der Waals surface area (Å²) < 4.78 is 0. The lowest BCUT2D eigenvalue weighted by Crippen LogP contribution is -2.47. The van der Waals surface area contributed by atoms with Crippen LogP contribution in [-0.4, -0.2) is 48.1 Å². The van der Waals surface area contributed by atoms with Crippen LogP contribution in [0.3, 0.4) is 0 Å². The second-order valence-corrected chi connectivity index (χ2v) is 8.97. The first-order valence-electron chi connectivity index (χ1n) is 11.5. The lowest BCUT2D eigenvalue weighted by molar-refractivity contribution is 0.169. The second kappa shape index (κ2) is 10.8. The Morgan fingerprint density at radius 2 is 1.33 bits per heavy atom. The summed E-state index contributed by atoms with van der Waals surface area (Å²) in [7, 11) is 0. The zero-order valence-corrected chi connectivity index (χ0v) is 17.0. The van der Waals surface area contributed by atoms with Gasteiger partial charge >= 0.3 is 6.03 Å². The normalized spacial score (nSPS) is 27.0. The smallest absolute Gasteiger partial charge is 0.317 e. The van der Waals surface area contributed by atoms with Gasteiger partial charge in [-0.1, -0.05) is 51.4 Å². The van der Waals surface area contributed by atoms with Gasteiger partial charge in [-0.15, -0.1) is 0 Å². The van der Waals surface area contributed by atoms with E-state index in [-0.39, 0.29) is 12.1 Å². The summed E-state index contributed by atoms with van der Waals surface area (Å²) in [6.45, 7) is 3.22. The summed E-state index contributed by atoms with van der Waals surface area (Å²) in [5.41, 5.74) is 0. The highest BCUT2D eigenvalue weighted by Gasteiger charge is 2.27. The molecule has 0 radical (unpaired) electrons. The summed E-state index contributed by atoms with van der Waals surface area (Å²) in [4.78, 5) is 16.4. The Labute approximate surface area is 165 Å². The Balaban J connectivity index is 1.43. The molecule has 2 saturated heterocycles. The van der Waals surface area contributed by atoms with E-state index in [1.165, 1.54) is 64.2 Å². The van der Waals surface area contributed by atoms with Crippen LogP contribution in [0.1, 0.15) is 83.5 Å². The van der Waals surface area contributed by atoms with Crippen molar-refractivity contribution >= 4 is 6.03 Å². The molecule has 1 saturated carbocycles. The first-order valence-corrected chi connectivity index (χ1v) is 11.5. The van der Waals surface area contributed by atoms with Crippen molar-refractivity contribution in [2.75, 3.05) is 26.2 Å². The zero-order chi connectivity index (χ0) is 18.9. The lowest BCUT2D eigenvalue weighted by atomic mass is 9.78. The number of nitriles is 1. The van der Waals surface area contributed by atoms with Crippen molar-refractivity contribution in [2.24, 2.45) is 11.8 Å². The van der Waals surface area contributed by atoms with Crippen molar-refractivity contribution in [3.8, 4) is 6.19 Å². The maximum Gasteiger partial charge on any atom is 0.317 e. The molecule has 0 unspecified atom stereocenters. The molecule has 3 fully saturated rings. The van der Waals surface area contributed by atoms with Crippen LogP contribution in [0, 0.1) is 23.3 Å². The minimum Gasteiger partial charge on any atom is -0.333 e. The highest BCUT2D eigenvalue weighted by atomic mass is 16.2. The molecule has 2 amide bonds. The van der Waals surface area contributed by atoms with Gasteiger partial charge in [0.25, 0.3) is 0 Å². The summed E-state index contributed by atoms with van der Waals surface area (Å²) >= 11 is 0. The van der Waals surface area contributed by atoms with Crippen LogP contribution in [-0.2, 0) is 0 Å². The van der Waals surface area contributed by atoms with Crippen molar-refractivity contribution in [1.82, 2.24) is 15.1 Å². The third kappa shape index (κ3) is 6.30. The Kier molecular flexibility index (Phi) is 8.10. The van der Waals surface area contributed by atoms with E-state index in [0.29, 0.717) is 6.54 Å². The monoisotopic (exact) mass is 374 g/mol. The van der Waals surface area contributed by atoms with E-state index in [4.69, 9.17) is 5.26 Å². The van der Waals surface area contributed by atoms with Gasteiger partial charge < -0.3 is 15.1 Å². The number of hydrogen-bond acceptors (Lipinski definition) is 3. The van der Waals surface area contributed by atoms with Gasteiger partial charge in [0.15, 0.2) is 6.19 Å². The van der Waals surface area contributed by atoms with Crippen LogP contribution in [0.2, 0.25) is 0 Å². The first kappa shape index (κ1) is 20.3. The van der Waals surface area contributed by atoms with Gasteiger partial charge in [0, 0.05) is 26.2 Å². The summed E-state index contributed by atoms with van der Waals surface area (Å²) in [5, 5.41) is 12.1. The number of rotatable bonds is 2. The maximum atomic E-state index is 12.6. The van der Waals surface area contributed by atoms with Crippen LogP contribution in [0.25, 0.3) is 0 Å². The molecule has 1 aliphatic carbocycles. The second-order valence-electron chi connectivity index (χ2n) is 8.97. The Morgan fingerprint density at radius 1 is 0.778 bits per heavy atom. The van der Waals surface area contributed by atoms with Crippen LogP contribution in [0.4, 0.5) is 4.79 Å². The van der Waals surface area contributed by atoms with E-state index in [1.54, 1.807) is 4.90 Å². The number of amides is 2. The minimum absolute atomic E-state index is 0.0840. The van der Waals surface area contributed by atoms with Crippen LogP contribution in [0.15, 0.2) is 0 Å². The molecule has 1 N–H and O–H groups in total. The van der Waals surface area contributed by atoms with Gasteiger partial charge in [0.1, 0.15) is 0 Å². The molecule has 5 nitrogen and oxygen atoms in total. The molecule has 0 aromatic rings. The van der Waals surface area contributed by atoms with E-state index < -0.39 is 0 Å². The topological polar surface area (TPSA) is 59.4 Å². The summed E-state index contributed by atoms with van der Waals surface area (Å²) in [6, 6.07) is 0.217. The number of nitrogens with zero attached hydrogens (tertiary/aromatic N) is 3. The minimum atomic E-state index is 0.0840. The fourth-order valence-electron chi connectivity index (χ4n) is 5.39. The average Bonchev–Trinajstić information content (AvgIpc) is 3.13. The van der Waals surface area contributed by atoms with Crippen molar-refractivity contribution in [3.63, 3.8) is 0 Å². The van der Waals surface area contributed by atoms with Crippen LogP contribution >= 0.6 is 0 Å². The molecular weight excluding hydrogens is 336 g/mol. The van der Waals surface area contributed by atoms with Gasteiger partial charge in [-0.2, -0.15) is 5.26 Å². The number of carbonyl (C=O) groups excluding carboxylic acids is 1. The average molecular weight is 375 g/mol. The van der Waals surface area contributed by atoms with E-state index in [0.717, 1.165) is 50.7 Å². The van der Waals surface area contributed by atoms with E-state index >= 15 is 0 Å². The quantitative estimate of drug-likeness (QED) is 0.724. The molecule has 0 aromatic carbocycles. The Hall–Kier alpha value is -1.44. The van der Waals surface area contributed by atoms with Gasteiger partial charge in [-0.05, 0) is 43.9 Å². The standard InChI is InChI=1S/C22H38N4O/c23-18-25-16-13-21(17-25)24-22(27)26-14-7-11-20(12-8-15-26)19-9-5-3-1-2-4-6-10-19/h19-21H,1-17H2,(H,24,27)/t21-/m1/s1. The number of likely N-dealkylation sites (tertiary alicyclic amines) is 2. The molecular formula is C22H38N4O. The fraction of sp³-hybridized carbons (Fsp3) is 0.909. The third-order valence-corrected chi connectivity index (χ3v) is 7.02. The predicted molar refractivity (Wildman–Crippen MR) is 108 cm³/mol. The molecule has 0 aromatic heterocycles. The number of nitrogens with one attached hydrogen (secondary N) is 1. The third-order valence-electron chi connectivity index (χ3n) is 7.02. The van der Waals surface area contributed by atoms with Crippen LogP contribution < -0.4 is 5.32 Å². The summed E-state index contributed by atoms with van der Waals surface area (Å²) in [6.07, 6.45) is 19.4. The molecule has 0 spiro atoms. The predicted octanol–water partition coefficient (Wildman–Crippen LogP) is 4.49. The van der Waals surface area contributed by atoms with Crippen molar-refractivity contribution in [1.29, 1.82) is 5.26 Å². The molecule has 152 valence electrons. The molecule has 2 aliphatic heterocycles. The molecule has 1 atom stereocenters. The largest absolute Gasteiger partial charge is 0.333 e. The van der Waals surface area contributed by atoms with Gasteiger partial charge in [0.05, 0.1) is 6.04 Å². The Morgan fingerprint density at radius 3 is 1.89 bits per heavy atom. The number of hydrogen-bond donors (Lipinski definition) is 1. The first-order chi connectivity index (χ1) is 13.3. The van der Waals surface area contributed by atoms with Gasteiger partial charge in [-0.25, -0.2) is 4.79 Å². The SMILES string of the molecule is N#CN1CC[C@@H](NC(=O)N2CCCC(C3CCCCCCCC3)CCC2)C1. The van der Waals surface area contributed by atoms with Gasteiger partial charge in [-0.3, -0.25) is 0 Å². The van der Waals surface area contributed by atoms with Crippen molar-refractivity contribution in [2.45, 2.75) is 89.5 Å². The highest BCUT2D eigenvalue weighted by molar-refractivity contribution is 5.74. The van der Waals surface area contributed by atoms with Crippen molar-refractivity contribution in [3.05, 3.63) is 0 Å². The molecule has 5 heteroatoms. The van der Waals surface area contributed by atoms with Crippen LogP contribution in [0.5, 0.6) is 0 Å². The zero-order valence-electron chi connectivity index (χ0n) is 17.0. The summed E-state index contributed by atoms with van der Waals surface area (Å²) in [5.74, 6) is 1.81. The molecule has 2 heterocycles. The van der Waals surface area contributed by atoms with Crippen molar-refractivity contribution < 1.29 is 4.79 Å². The maximum absolute atomic E-state index is 12.6. The number of urea groups is 1. The van der Waals surface area contributed by atoms with E-state index in [1.807, 2.05) is 4.90 Å². The Bertz CT molecular complexity index is 483. The van der Waals surface area contributed by atoms with E-state index in [9.17, 15) is 4.79 Å². The fourth-order valence-corrected chi connectivity index (χ4v) is 5.39. The number of carbonyl (C=O) groups is 1. The highest BCUT2D eigenvalue weighted by Crippen LogP contribution is 2.34. The van der Waals surface area contributed by atoms with Gasteiger partial charge in [0.2, 0.25) is 0 Å². The van der Waals surface area contributed by atoms with E-state index in [2.05, 4.69) is 11.5 Å². The molecule has 27 heavy (non-hydrogen) atoms. The molecule has 3 rings (SSSR count).